The highest BCUT2D eigenvalue weighted by Gasteiger charge is 2.22. The van der Waals surface area contributed by atoms with E-state index in [0.29, 0.717) is 6.54 Å². The maximum Gasteiger partial charge on any atom is 0.191 e. The molecule has 2 N–H and O–H groups in total. The summed E-state index contributed by atoms with van der Waals surface area (Å²) < 4.78 is 12.9. The summed E-state index contributed by atoms with van der Waals surface area (Å²) in [6.07, 6.45) is 5.58. The van der Waals surface area contributed by atoms with E-state index in [1.165, 1.54) is 5.56 Å². The largest absolute Gasteiger partial charge is 0.497 e. The van der Waals surface area contributed by atoms with E-state index in [9.17, 15) is 0 Å². The average molecular weight is 528 g/mol. The van der Waals surface area contributed by atoms with Gasteiger partial charge < -0.3 is 24.7 Å². The second kappa shape index (κ2) is 13.5. The number of rotatable bonds is 9. The van der Waals surface area contributed by atoms with E-state index in [1.807, 2.05) is 29.2 Å². The fraction of sp³-hybridized carbons (Fsp3) is 0.524. The van der Waals surface area contributed by atoms with E-state index in [0.717, 1.165) is 57.6 Å². The number of imidazole rings is 1. The molecular formula is C21H33IN6O2. The first-order chi connectivity index (χ1) is 14.3. The summed E-state index contributed by atoms with van der Waals surface area (Å²) in [4.78, 5) is 11.4. The number of hydrogen-bond donors (Lipinski definition) is 2. The van der Waals surface area contributed by atoms with Crippen molar-refractivity contribution in [1.82, 2.24) is 25.1 Å². The maximum atomic E-state index is 5.55. The Morgan fingerprint density at radius 3 is 2.63 bits per heavy atom. The molecule has 2 aromatic rings. The summed E-state index contributed by atoms with van der Waals surface area (Å²) in [6, 6.07) is 8.50. The Balaban J connectivity index is 0.00000320. The second-order valence-corrected chi connectivity index (χ2v) is 6.88. The first kappa shape index (κ1) is 24.4. The van der Waals surface area contributed by atoms with Crippen LogP contribution >= 0.6 is 24.0 Å². The van der Waals surface area contributed by atoms with Gasteiger partial charge >= 0.3 is 0 Å². The predicted molar refractivity (Wildman–Crippen MR) is 130 cm³/mol. The number of nitrogens with one attached hydrogen (secondary N) is 2. The summed E-state index contributed by atoms with van der Waals surface area (Å²) >= 11 is 0. The third kappa shape index (κ3) is 7.44. The Bertz CT molecular complexity index is 732. The molecule has 9 heteroatoms. The number of morpholine rings is 1. The molecule has 3 rings (SSSR count). The van der Waals surface area contributed by atoms with Crippen molar-refractivity contribution in [2.75, 3.05) is 53.0 Å². The van der Waals surface area contributed by atoms with Gasteiger partial charge in [-0.15, -0.1) is 24.0 Å². The van der Waals surface area contributed by atoms with E-state index in [1.54, 1.807) is 13.3 Å². The monoisotopic (exact) mass is 528 g/mol. The Labute approximate surface area is 196 Å². The minimum atomic E-state index is 0. The number of aliphatic imine (C=N–C) groups is 1. The van der Waals surface area contributed by atoms with Gasteiger partial charge in [-0.05, 0) is 24.6 Å². The van der Waals surface area contributed by atoms with E-state index >= 15 is 0 Å². The zero-order valence-electron chi connectivity index (χ0n) is 17.8. The molecule has 1 fully saturated rings. The lowest BCUT2D eigenvalue weighted by molar-refractivity contribution is 0.0179. The third-order valence-corrected chi connectivity index (χ3v) is 4.98. The van der Waals surface area contributed by atoms with Crippen molar-refractivity contribution in [3.8, 4) is 5.75 Å². The summed E-state index contributed by atoms with van der Waals surface area (Å²) in [7, 11) is 1.69. The molecule has 1 unspecified atom stereocenters. The van der Waals surface area contributed by atoms with E-state index in [4.69, 9.17) is 14.5 Å². The van der Waals surface area contributed by atoms with Crippen LogP contribution in [0.15, 0.2) is 48.0 Å². The number of halogens is 1. The lowest BCUT2D eigenvalue weighted by Gasteiger charge is -2.34. The van der Waals surface area contributed by atoms with Crippen LogP contribution in [0.5, 0.6) is 5.75 Å². The van der Waals surface area contributed by atoms with Crippen LogP contribution in [-0.2, 0) is 11.3 Å². The number of benzene rings is 1. The van der Waals surface area contributed by atoms with Crippen molar-refractivity contribution in [3.05, 3.63) is 48.5 Å². The van der Waals surface area contributed by atoms with Crippen molar-refractivity contribution < 1.29 is 9.47 Å². The molecule has 1 atom stereocenters. The third-order valence-electron chi connectivity index (χ3n) is 4.98. The van der Waals surface area contributed by atoms with Gasteiger partial charge in [0, 0.05) is 45.1 Å². The summed E-state index contributed by atoms with van der Waals surface area (Å²) in [6.45, 7) is 8.56. The summed E-state index contributed by atoms with van der Waals surface area (Å²) in [5.41, 5.74) is 1.24. The molecule has 1 aromatic carbocycles. The molecule has 0 saturated carbocycles. The molecule has 0 spiro atoms. The molecule has 0 bridgehead atoms. The van der Waals surface area contributed by atoms with E-state index in [-0.39, 0.29) is 30.0 Å². The van der Waals surface area contributed by atoms with Crippen molar-refractivity contribution in [3.63, 3.8) is 0 Å². The first-order valence-electron chi connectivity index (χ1n) is 10.2. The van der Waals surface area contributed by atoms with Crippen LogP contribution in [0.3, 0.4) is 0 Å². The lowest BCUT2D eigenvalue weighted by Crippen LogP contribution is -2.42. The van der Waals surface area contributed by atoms with Crippen LogP contribution in [-0.4, -0.2) is 73.5 Å². The Morgan fingerprint density at radius 2 is 2.00 bits per heavy atom. The molecule has 30 heavy (non-hydrogen) atoms. The smallest absolute Gasteiger partial charge is 0.191 e. The molecule has 8 nitrogen and oxygen atoms in total. The molecule has 1 aromatic heterocycles. The van der Waals surface area contributed by atoms with Gasteiger partial charge in [-0.25, -0.2) is 4.98 Å². The second-order valence-electron chi connectivity index (χ2n) is 6.88. The number of nitrogens with zero attached hydrogens (tertiary/aromatic N) is 4. The summed E-state index contributed by atoms with van der Waals surface area (Å²) in [5, 5.41) is 6.76. The molecule has 2 heterocycles. The predicted octanol–water partition coefficient (Wildman–Crippen LogP) is 2.14. The maximum absolute atomic E-state index is 5.55. The number of hydrogen-bond acceptors (Lipinski definition) is 5. The quantitative estimate of drug-likeness (QED) is 0.295. The van der Waals surface area contributed by atoms with E-state index in [2.05, 4.69) is 39.6 Å². The van der Waals surface area contributed by atoms with Gasteiger partial charge in [-0.1, -0.05) is 12.1 Å². The summed E-state index contributed by atoms with van der Waals surface area (Å²) in [5.74, 6) is 1.70. The fourth-order valence-corrected chi connectivity index (χ4v) is 3.39. The van der Waals surface area contributed by atoms with Crippen molar-refractivity contribution in [1.29, 1.82) is 0 Å². The normalized spacial score (nSPS) is 15.9. The highest BCUT2D eigenvalue weighted by molar-refractivity contribution is 14.0. The van der Waals surface area contributed by atoms with Crippen LogP contribution in [0, 0.1) is 0 Å². The lowest BCUT2D eigenvalue weighted by atomic mass is 10.0. The van der Waals surface area contributed by atoms with Crippen LogP contribution in [0.2, 0.25) is 0 Å². The number of aromatic nitrogens is 2. The van der Waals surface area contributed by atoms with E-state index < -0.39 is 0 Å². The number of ether oxygens (including phenoxy) is 2. The molecule has 166 valence electrons. The molecule has 1 aliphatic rings. The van der Waals surface area contributed by atoms with Gasteiger partial charge in [0.05, 0.1) is 39.2 Å². The highest BCUT2D eigenvalue weighted by atomic mass is 127. The standard InChI is InChI=1S/C21H32N6O2.HI/c1-3-23-21(24-9-11-26-10-8-22-17-26)25-16-20(27-12-14-29-15-13-27)18-4-6-19(28-2)7-5-18;/h4-8,10,17,20H,3,9,11-16H2,1-2H3,(H2,23,24,25);1H. The van der Waals surface area contributed by atoms with Crippen molar-refractivity contribution in [2.45, 2.75) is 19.5 Å². The van der Waals surface area contributed by atoms with Crippen LogP contribution < -0.4 is 15.4 Å². The molecule has 0 amide bonds. The van der Waals surface area contributed by atoms with Gasteiger partial charge in [-0.3, -0.25) is 9.89 Å². The van der Waals surface area contributed by atoms with Crippen molar-refractivity contribution >= 4 is 29.9 Å². The molecular weight excluding hydrogens is 495 g/mol. The Morgan fingerprint density at radius 1 is 1.23 bits per heavy atom. The van der Waals surface area contributed by atoms with Crippen LogP contribution in [0.1, 0.15) is 18.5 Å². The minimum Gasteiger partial charge on any atom is -0.497 e. The van der Waals surface area contributed by atoms with Crippen LogP contribution in [0.25, 0.3) is 0 Å². The molecule has 0 radical (unpaired) electrons. The Hall–Kier alpha value is -1.85. The van der Waals surface area contributed by atoms with Gasteiger partial charge in [0.15, 0.2) is 5.96 Å². The SMILES string of the molecule is CCNC(=NCC(c1ccc(OC)cc1)N1CCOCC1)NCCn1ccnc1.I. The average Bonchev–Trinajstić information content (AvgIpc) is 3.28. The first-order valence-corrected chi connectivity index (χ1v) is 10.2. The molecule has 1 saturated heterocycles. The van der Waals surface area contributed by atoms with Gasteiger partial charge in [0.25, 0.3) is 0 Å². The minimum absolute atomic E-state index is 0. The zero-order chi connectivity index (χ0) is 20.3. The Kier molecular flexibility index (Phi) is 11.0. The fourth-order valence-electron chi connectivity index (χ4n) is 3.39. The number of guanidine groups is 1. The van der Waals surface area contributed by atoms with Gasteiger partial charge in [-0.2, -0.15) is 0 Å². The van der Waals surface area contributed by atoms with Gasteiger partial charge in [0.2, 0.25) is 0 Å². The van der Waals surface area contributed by atoms with Crippen molar-refractivity contribution in [2.24, 2.45) is 4.99 Å². The molecule has 0 aliphatic carbocycles. The zero-order valence-corrected chi connectivity index (χ0v) is 20.1. The topological polar surface area (TPSA) is 75.9 Å². The molecule has 1 aliphatic heterocycles. The highest BCUT2D eigenvalue weighted by Crippen LogP contribution is 2.24. The van der Waals surface area contributed by atoms with Crippen LogP contribution in [0.4, 0.5) is 0 Å². The van der Waals surface area contributed by atoms with Gasteiger partial charge in [0.1, 0.15) is 5.75 Å². The number of methoxy groups -OCH3 is 1.